The van der Waals surface area contributed by atoms with Crippen LogP contribution in [-0.2, 0) is 0 Å². The fourth-order valence-electron chi connectivity index (χ4n) is 2.04. The monoisotopic (exact) mass is 240 g/mol. The Labute approximate surface area is 109 Å². The molecule has 1 aromatic heterocycles. The summed E-state index contributed by atoms with van der Waals surface area (Å²) < 4.78 is 0. The summed E-state index contributed by atoms with van der Waals surface area (Å²) in [5.74, 6) is 0.501. The average molecular weight is 240 g/mol. The zero-order valence-electron chi connectivity index (χ0n) is 11.2. The second-order valence-electron chi connectivity index (χ2n) is 5.01. The summed E-state index contributed by atoms with van der Waals surface area (Å²) in [5.41, 5.74) is 10.8. The van der Waals surface area contributed by atoms with Crippen molar-refractivity contribution in [3.8, 4) is 0 Å². The van der Waals surface area contributed by atoms with Crippen LogP contribution in [0.5, 0.6) is 0 Å². The molecule has 0 bridgehead atoms. The van der Waals surface area contributed by atoms with Crippen molar-refractivity contribution in [2.75, 3.05) is 0 Å². The molecule has 0 spiro atoms. The highest BCUT2D eigenvalue weighted by molar-refractivity contribution is 5.34. The molecule has 2 aromatic rings. The van der Waals surface area contributed by atoms with Gasteiger partial charge in [0.05, 0.1) is 11.7 Å². The second kappa shape index (κ2) is 5.32. The quantitative estimate of drug-likeness (QED) is 0.891. The van der Waals surface area contributed by atoms with Gasteiger partial charge in [0, 0.05) is 6.20 Å². The molecule has 0 radical (unpaired) electrons. The van der Waals surface area contributed by atoms with Crippen LogP contribution in [0.2, 0.25) is 0 Å². The van der Waals surface area contributed by atoms with Gasteiger partial charge in [-0.15, -0.1) is 0 Å². The molecule has 2 heteroatoms. The van der Waals surface area contributed by atoms with Crippen LogP contribution in [0.3, 0.4) is 0 Å². The van der Waals surface area contributed by atoms with Crippen molar-refractivity contribution in [3.63, 3.8) is 0 Å². The number of hydrogen-bond acceptors (Lipinski definition) is 2. The number of benzene rings is 1. The predicted molar refractivity (Wildman–Crippen MR) is 75.5 cm³/mol. The molecular formula is C16H20N2. The Balaban J connectivity index is 2.29. The molecule has 1 aromatic carbocycles. The van der Waals surface area contributed by atoms with Gasteiger partial charge in [0.1, 0.15) is 0 Å². The number of nitrogens with two attached hydrogens (primary N) is 1. The molecule has 0 fully saturated rings. The van der Waals surface area contributed by atoms with Crippen molar-refractivity contribution in [3.05, 3.63) is 65.0 Å². The van der Waals surface area contributed by atoms with Crippen LogP contribution in [0.4, 0.5) is 0 Å². The Morgan fingerprint density at radius 1 is 1.06 bits per heavy atom. The lowest BCUT2D eigenvalue weighted by Gasteiger charge is -2.15. The second-order valence-corrected chi connectivity index (χ2v) is 5.01. The summed E-state index contributed by atoms with van der Waals surface area (Å²) in [5, 5.41) is 0. The first kappa shape index (κ1) is 12.8. The van der Waals surface area contributed by atoms with Crippen molar-refractivity contribution in [2.24, 2.45) is 5.73 Å². The maximum absolute atomic E-state index is 6.28. The number of aromatic nitrogens is 1. The van der Waals surface area contributed by atoms with Gasteiger partial charge in [0.15, 0.2) is 0 Å². The summed E-state index contributed by atoms with van der Waals surface area (Å²) in [4.78, 5) is 4.49. The number of rotatable bonds is 3. The fourth-order valence-corrected chi connectivity index (χ4v) is 2.04. The minimum absolute atomic E-state index is 0.146. The first-order valence-corrected chi connectivity index (χ1v) is 6.36. The van der Waals surface area contributed by atoms with E-state index in [1.807, 2.05) is 24.4 Å². The normalized spacial score (nSPS) is 12.7. The summed E-state index contributed by atoms with van der Waals surface area (Å²) in [7, 11) is 0. The van der Waals surface area contributed by atoms with E-state index in [4.69, 9.17) is 5.73 Å². The van der Waals surface area contributed by atoms with E-state index in [2.05, 4.69) is 44.0 Å². The van der Waals surface area contributed by atoms with Crippen LogP contribution in [0.1, 0.15) is 48.2 Å². The Hall–Kier alpha value is -1.67. The Kier molecular flexibility index (Phi) is 3.78. The summed E-state index contributed by atoms with van der Waals surface area (Å²) in [6.07, 6.45) is 1.93. The lowest BCUT2D eigenvalue weighted by molar-refractivity contribution is 0.802. The Morgan fingerprint density at radius 3 is 2.33 bits per heavy atom. The number of aryl methyl sites for hydroxylation is 1. The summed E-state index contributed by atoms with van der Waals surface area (Å²) in [6.45, 7) is 6.41. The van der Waals surface area contributed by atoms with Gasteiger partial charge in [-0.3, -0.25) is 4.98 Å². The number of pyridine rings is 1. The minimum Gasteiger partial charge on any atom is -0.319 e. The minimum atomic E-state index is -0.146. The van der Waals surface area contributed by atoms with E-state index in [1.54, 1.807) is 0 Å². The molecule has 18 heavy (non-hydrogen) atoms. The largest absolute Gasteiger partial charge is 0.319 e. The molecule has 0 aliphatic rings. The summed E-state index contributed by atoms with van der Waals surface area (Å²) in [6, 6.07) is 12.2. The van der Waals surface area contributed by atoms with E-state index < -0.39 is 0 Å². The molecule has 0 saturated carbocycles. The topological polar surface area (TPSA) is 38.9 Å². The van der Waals surface area contributed by atoms with Crippen molar-refractivity contribution >= 4 is 0 Å². The van der Waals surface area contributed by atoms with Crippen LogP contribution < -0.4 is 5.73 Å². The number of hydrogen-bond donors (Lipinski definition) is 1. The van der Waals surface area contributed by atoms with Gasteiger partial charge in [0.2, 0.25) is 0 Å². The third kappa shape index (κ3) is 2.59. The van der Waals surface area contributed by atoms with Crippen molar-refractivity contribution < 1.29 is 0 Å². The smallest absolute Gasteiger partial charge is 0.0728 e. The van der Waals surface area contributed by atoms with E-state index >= 15 is 0 Å². The van der Waals surface area contributed by atoms with E-state index in [0.29, 0.717) is 5.92 Å². The van der Waals surface area contributed by atoms with Crippen LogP contribution >= 0.6 is 0 Å². The van der Waals surface area contributed by atoms with Gasteiger partial charge in [0.25, 0.3) is 0 Å². The van der Waals surface area contributed by atoms with Gasteiger partial charge in [-0.2, -0.15) is 0 Å². The van der Waals surface area contributed by atoms with Crippen LogP contribution in [0.15, 0.2) is 42.6 Å². The highest BCUT2D eigenvalue weighted by Gasteiger charge is 2.12. The van der Waals surface area contributed by atoms with E-state index in [9.17, 15) is 0 Å². The van der Waals surface area contributed by atoms with Gasteiger partial charge in [-0.25, -0.2) is 0 Å². The zero-order chi connectivity index (χ0) is 13.1. The van der Waals surface area contributed by atoms with Crippen LogP contribution in [0, 0.1) is 6.92 Å². The van der Waals surface area contributed by atoms with Crippen molar-refractivity contribution in [1.82, 2.24) is 4.98 Å². The van der Waals surface area contributed by atoms with E-state index in [1.165, 1.54) is 11.1 Å². The SMILES string of the molecule is Cc1ccccc1C(N)c1ccc(C(C)C)cn1. The zero-order valence-corrected chi connectivity index (χ0v) is 11.2. The molecule has 1 atom stereocenters. The lowest BCUT2D eigenvalue weighted by atomic mass is 9.98. The third-order valence-electron chi connectivity index (χ3n) is 3.32. The first-order chi connectivity index (χ1) is 8.59. The van der Waals surface area contributed by atoms with Crippen molar-refractivity contribution in [1.29, 1.82) is 0 Å². The van der Waals surface area contributed by atoms with Gasteiger partial charge < -0.3 is 5.73 Å². The Bertz CT molecular complexity index is 515. The average Bonchev–Trinajstić information content (AvgIpc) is 2.38. The van der Waals surface area contributed by atoms with Crippen LogP contribution in [-0.4, -0.2) is 4.98 Å². The molecule has 2 N–H and O–H groups in total. The van der Waals surface area contributed by atoms with Gasteiger partial charge in [-0.05, 0) is 35.6 Å². The molecule has 0 aliphatic carbocycles. The molecule has 1 unspecified atom stereocenters. The molecule has 0 aliphatic heterocycles. The standard InChI is InChI=1S/C16H20N2/c1-11(2)13-8-9-15(18-10-13)16(17)14-7-5-4-6-12(14)3/h4-11,16H,17H2,1-3H3. The molecule has 0 amide bonds. The maximum Gasteiger partial charge on any atom is 0.0728 e. The summed E-state index contributed by atoms with van der Waals surface area (Å²) >= 11 is 0. The highest BCUT2D eigenvalue weighted by Crippen LogP contribution is 2.22. The van der Waals surface area contributed by atoms with E-state index in [-0.39, 0.29) is 6.04 Å². The van der Waals surface area contributed by atoms with E-state index in [0.717, 1.165) is 11.3 Å². The first-order valence-electron chi connectivity index (χ1n) is 6.36. The molecule has 94 valence electrons. The molecular weight excluding hydrogens is 220 g/mol. The fraction of sp³-hybridized carbons (Fsp3) is 0.312. The highest BCUT2D eigenvalue weighted by atomic mass is 14.8. The predicted octanol–water partition coefficient (Wildman–Crippen LogP) is 3.56. The molecule has 2 nitrogen and oxygen atoms in total. The van der Waals surface area contributed by atoms with Crippen molar-refractivity contribution in [2.45, 2.75) is 32.7 Å². The lowest BCUT2D eigenvalue weighted by Crippen LogP contribution is -2.14. The third-order valence-corrected chi connectivity index (χ3v) is 3.32. The molecule has 0 saturated heterocycles. The van der Waals surface area contributed by atoms with Gasteiger partial charge >= 0.3 is 0 Å². The van der Waals surface area contributed by atoms with Crippen LogP contribution in [0.25, 0.3) is 0 Å². The number of nitrogens with zero attached hydrogens (tertiary/aromatic N) is 1. The van der Waals surface area contributed by atoms with Gasteiger partial charge in [-0.1, -0.05) is 44.2 Å². The molecule has 1 heterocycles. The Morgan fingerprint density at radius 2 is 1.78 bits per heavy atom. The maximum atomic E-state index is 6.28. The molecule has 2 rings (SSSR count).